The Kier molecular flexibility index (Phi) is 6.24. The van der Waals surface area contributed by atoms with E-state index in [-0.39, 0.29) is 39.0 Å². The van der Waals surface area contributed by atoms with Crippen molar-refractivity contribution >= 4 is 28.6 Å². The molecule has 3 fully saturated rings. The maximum atomic E-state index is 14.0. The number of carbonyl (C=O) groups excluding carboxylic acids is 2. The average Bonchev–Trinajstić information content (AvgIpc) is 2.75. The average molecular weight is 475 g/mol. The number of rotatable bonds is 4. The van der Waals surface area contributed by atoms with Gasteiger partial charge in [-0.2, -0.15) is 0 Å². The summed E-state index contributed by atoms with van der Waals surface area (Å²) in [5, 5.41) is 10.2. The minimum atomic E-state index is -0.707. The zero-order valence-corrected chi connectivity index (χ0v) is 22.1. The highest BCUT2D eigenvalue weighted by atomic mass is 32.2. The van der Waals surface area contributed by atoms with Gasteiger partial charge in [0.2, 0.25) is 0 Å². The standard InChI is InChI=1S/C28H42O4S/c1-17-7-11-28(5)19-8-10-25(2)13-14-26(3,24(31)32)16-20(25)18(19)15-21(29)23(28)27(17,4)12-9-22(30)33-6/h15,17,19-20,23H,7-14,16H2,1-6H3,(H,31,32)/t17?,19?,20?,23?,25?,26-,27?,28?/m0/s1. The summed E-state index contributed by atoms with van der Waals surface area (Å²) in [7, 11) is 0. The van der Waals surface area contributed by atoms with E-state index in [1.54, 1.807) is 0 Å². The summed E-state index contributed by atoms with van der Waals surface area (Å²) in [5.74, 6) is 0.408. The maximum Gasteiger partial charge on any atom is 0.309 e. The molecule has 4 rings (SSSR count). The van der Waals surface area contributed by atoms with Crippen molar-refractivity contribution in [3.8, 4) is 0 Å². The van der Waals surface area contributed by atoms with E-state index in [4.69, 9.17) is 0 Å². The molecule has 0 heterocycles. The van der Waals surface area contributed by atoms with Crippen molar-refractivity contribution in [2.45, 2.75) is 92.4 Å². The quantitative estimate of drug-likeness (QED) is 0.501. The van der Waals surface area contributed by atoms with Crippen LogP contribution in [0.25, 0.3) is 0 Å². The SMILES string of the molecule is CSC(=O)CCC1(C)C(C)CCC2(C)C3CCC4(C)CC[C@](C)(C(=O)O)CC4C3=CC(=O)C12. The number of carbonyl (C=O) groups is 3. The van der Waals surface area contributed by atoms with Crippen LogP contribution < -0.4 is 0 Å². The molecular formula is C28H42O4S. The van der Waals surface area contributed by atoms with E-state index >= 15 is 0 Å². The first-order valence-corrected chi connectivity index (χ1v) is 14.1. The van der Waals surface area contributed by atoms with Crippen LogP contribution >= 0.6 is 11.8 Å². The predicted octanol–water partition coefficient (Wildman–Crippen LogP) is 6.53. The molecular weight excluding hydrogens is 432 g/mol. The number of thioether (sulfide) groups is 1. The van der Waals surface area contributed by atoms with Gasteiger partial charge in [0, 0.05) is 12.3 Å². The summed E-state index contributed by atoms with van der Waals surface area (Å²) in [4.78, 5) is 38.3. The summed E-state index contributed by atoms with van der Waals surface area (Å²) in [6.07, 6.45) is 11.7. The molecule has 5 heteroatoms. The number of allylic oxidation sites excluding steroid dienone is 2. The van der Waals surface area contributed by atoms with E-state index in [1.807, 2.05) is 19.3 Å². The van der Waals surface area contributed by atoms with Crippen LogP contribution in [-0.2, 0) is 14.4 Å². The lowest BCUT2D eigenvalue weighted by molar-refractivity contribution is -0.157. The molecule has 0 aromatic carbocycles. The third kappa shape index (κ3) is 3.76. The molecule has 184 valence electrons. The molecule has 1 N–H and O–H groups in total. The van der Waals surface area contributed by atoms with Crippen LogP contribution in [0.5, 0.6) is 0 Å². The zero-order valence-electron chi connectivity index (χ0n) is 21.3. The molecule has 0 saturated heterocycles. The van der Waals surface area contributed by atoms with Crippen LogP contribution in [0.2, 0.25) is 0 Å². The Morgan fingerprint density at radius 3 is 2.39 bits per heavy atom. The Balaban J connectivity index is 1.74. The molecule has 3 saturated carbocycles. The molecule has 4 aliphatic rings. The topological polar surface area (TPSA) is 71.4 Å². The number of hydrogen-bond donors (Lipinski definition) is 1. The van der Waals surface area contributed by atoms with E-state index in [1.165, 1.54) is 17.3 Å². The summed E-state index contributed by atoms with van der Waals surface area (Å²) >= 11 is 1.29. The summed E-state index contributed by atoms with van der Waals surface area (Å²) in [6.45, 7) is 11.1. The van der Waals surface area contributed by atoms with Crippen molar-refractivity contribution in [2.75, 3.05) is 6.26 Å². The smallest absolute Gasteiger partial charge is 0.309 e. The van der Waals surface area contributed by atoms with Crippen LogP contribution in [-0.4, -0.2) is 28.2 Å². The molecule has 0 aromatic heterocycles. The fourth-order valence-electron chi connectivity index (χ4n) is 8.52. The van der Waals surface area contributed by atoms with E-state index in [0.29, 0.717) is 24.7 Å². The molecule has 0 aliphatic heterocycles. The zero-order chi connectivity index (χ0) is 24.4. The highest BCUT2D eigenvalue weighted by molar-refractivity contribution is 8.13. The molecule has 7 unspecified atom stereocenters. The summed E-state index contributed by atoms with van der Waals surface area (Å²) < 4.78 is 0. The predicted molar refractivity (Wildman–Crippen MR) is 133 cm³/mol. The minimum absolute atomic E-state index is 0.0593. The molecule has 0 bridgehead atoms. The van der Waals surface area contributed by atoms with Crippen LogP contribution in [0.4, 0.5) is 0 Å². The van der Waals surface area contributed by atoms with Gasteiger partial charge in [-0.1, -0.05) is 45.0 Å². The van der Waals surface area contributed by atoms with Crippen molar-refractivity contribution < 1.29 is 19.5 Å². The molecule has 8 atom stereocenters. The van der Waals surface area contributed by atoms with Gasteiger partial charge in [0.1, 0.15) is 0 Å². The van der Waals surface area contributed by atoms with Crippen LogP contribution in [0, 0.1) is 45.3 Å². The van der Waals surface area contributed by atoms with Gasteiger partial charge >= 0.3 is 5.97 Å². The van der Waals surface area contributed by atoms with Crippen molar-refractivity contribution in [1.82, 2.24) is 0 Å². The van der Waals surface area contributed by atoms with E-state index < -0.39 is 11.4 Å². The normalized spacial score (nSPS) is 47.1. The maximum absolute atomic E-state index is 14.0. The largest absolute Gasteiger partial charge is 0.481 e. The summed E-state index contributed by atoms with van der Waals surface area (Å²) in [5.41, 5.74) is 0.360. The van der Waals surface area contributed by atoms with Gasteiger partial charge < -0.3 is 5.11 Å². The second kappa shape index (κ2) is 8.24. The first kappa shape index (κ1) is 25.0. The lowest BCUT2D eigenvalue weighted by Gasteiger charge is -2.63. The fraction of sp³-hybridized carbons (Fsp3) is 0.821. The molecule has 33 heavy (non-hydrogen) atoms. The third-order valence-electron chi connectivity index (χ3n) is 11.1. The van der Waals surface area contributed by atoms with Crippen LogP contribution in [0.1, 0.15) is 92.4 Å². The number of carboxylic acid groups (broad SMARTS) is 1. The number of carboxylic acids is 1. The number of fused-ring (bicyclic) bond motifs is 5. The van der Waals surface area contributed by atoms with Gasteiger partial charge in [-0.15, -0.1) is 0 Å². The Hall–Kier alpha value is -1.10. The van der Waals surface area contributed by atoms with E-state index in [9.17, 15) is 19.5 Å². The molecule has 0 spiro atoms. The van der Waals surface area contributed by atoms with Crippen LogP contribution in [0.15, 0.2) is 11.6 Å². The molecule has 4 nitrogen and oxygen atoms in total. The van der Waals surface area contributed by atoms with Gasteiger partial charge in [-0.05, 0) is 105 Å². The Labute approximate surface area is 203 Å². The van der Waals surface area contributed by atoms with Crippen LogP contribution in [0.3, 0.4) is 0 Å². The molecule has 0 aromatic rings. The van der Waals surface area contributed by atoms with E-state index in [0.717, 1.165) is 44.9 Å². The fourth-order valence-corrected chi connectivity index (χ4v) is 8.83. The van der Waals surface area contributed by atoms with E-state index in [2.05, 4.69) is 27.7 Å². The van der Waals surface area contributed by atoms with Crippen molar-refractivity contribution in [2.24, 2.45) is 45.3 Å². The second-order valence-corrected chi connectivity index (χ2v) is 13.7. The minimum Gasteiger partial charge on any atom is -0.481 e. The number of ketones is 1. The third-order valence-corrected chi connectivity index (χ3v) is 11.8. The van der Waals surface area contributed by atoms with Gasteiger partial charge in [0.15, 0.2) is 10.9 Å². The Morgan fingerprint density at radius 2 is 1.76 bits per heavy atom. The first-order chi connectivity index (χ1) is 15.3. The lowest BCUT2D eigenvalue weighted by atomic mass is 9.40. The highest BCUT2D eigenvalue weighted by Crippen LogP contribution is 2.68. The number of aliphatic carboxylic acids is 1. The second-order valence-electron chi connectivity index (χ2n) is 12.9. The monoisotopic (exact) mass is 474 g/mol. The molecule has 4 aliphatic carbocycles. The Bertz CT molecular complexity index is 894. The molecule has 0 amide bonds. The van der Waals surface area contributed by atoms with Gasteiger partial charge in [-0.3, -0.25) is 14.4 Å². The van der Waals surface area contributed by atoms with Gasteiger partial charge in [-0.25, -0.2) is 0 Å². The van der Waals surface area contributed by atoms with Gasteiger partial charge in [0.25, 0.3) is 0 Å². The van der Waals surface area contributed by atoms with Gasteiger partial charge in [0.05, 0.1) is 5.41 Å². The first-order valence-electron chi connectivity index (χ1n) is 12.9. The summed E-state index contributed by atoms with van der Waals surface area (Å²) in [6, 6.07) is 0. The van der Waals surface area contributed by atoms with Crippen molar-refractivity contribution in [3.05, 3.63) is 11.6 Å². The van der Waals surface area contributed by atoms with Crippen molar-refractivity contribution in [3.63, 3.8) is 0 Å². The highest BCUT2D eigenvalue weighted by Gasteiger charge is 2.63. The molecule has 0 radical (unpaired) electrons. The number of hydrogen-bond acceptors (Lipinski definition) is 4. The van der Waals surface area contributed by atoms with Crippen molar-refractivity contribution in [1.29, 1.82) is 0 Å². The Morgan fingerprint density at radius 1 is 1.06 bits per heavy atom. The lowest BCUT2D eigenvalue weighted by Crippen LogP contribution is -2.59.